The SMILES string of the molecule is CC1(C)OC(=O)C(C(=Nc2ccccc2I)N2CCOCC2)C(=O)O1. The number of aliphatic imine (C=N–C) groups is 1. The van der Waals surface area contributed by atoms with E-state index < -0.39 is 23.6 Å². The van der Waals surface area contributed by atoms with E-state index in [2.05, 4.69) is 27.6 Å². The van der Waals surface area contributed by atoms with Gasteiger partial charge in [0.1, 0.15) is 5.84 Å². The quantitative estimate of drug-likeness (QED) is 0.222. The molecule has 134 valence electrons. The number of amidine groups is 1. The van der Waals surface area contributed by atoms with Crippen LogP contribution in [-0.4, -0.2) is 54.8 Å². The Morgan fingerprint density at radius 2 is 1.76 bits per heavy atom. The van der Waals surface area contributed by atoms with E-state index in [1.165, 1.54) is 13.8 Å². The minimum Gasteiger partial charge on any atom is -0.422 e. The number of ether oxygens (including phenoxy) is 3. The van der Waals surface area contributed by atoms with E-state index >= 15 is 0 Å². The molecular formula is C17H19IN2O5. The van der Waals surface area contributed by atoms with Crippen LogP contribution in [0.2, 0.25) is 0 Å². The van der Waals surface area contributed by atoms with E-state index in [9.17, 15) is 9.59 Å². The van der Waals surface area contributed by atoms with Gasteiger partial charge in [-0.3, -0.25) is 9.59 Å². The van der Waals surface area contributed by atoms with Gasteiger partial charge in [0.2, 0.25) is 5.92 Å². The van der Waals surface area contributed by atoms with Crippen LogP contribution in [0.25, 0.3) is 0 Å². The van der Waals surface area contributed by atoms with Crippen molar-refractivity contribution in [3.63, 3.8) is 0 Å². The molecule has 2 fully saturated rings. The van der Waals surface area contributed by atoms with Crippen molar-refractivity contribution in [3.05, 3.63) is 27.8 Å². The maximum absolute atomic E-state index is 12.5. The molecule has 0 bridgehead atoms. The number of halogens is 1. The fraction of sp³-hybridized carbons (Fsp3) is 0.471. The molecule has 1 aromatic rings. The smallest absolute Gasteiger partial charge is 0.331 e. The molecule has 2 aliphatic rings. The summed E-state index contributed by atoms with van der Waals surface area (Å²) < 4.78 is 16.8. The zero-order chi connectivity index (χ0) is 18.0. The molecule has 3 rings (SSSR count). The highest BCUT2D eigenvalue weighted by Gasteiger charge is 2.47. The van der Waals surface area contributed by atoms with Gasteiger partial charge in [-0.15, -0.1) is 0 Å². The molecule has 0 N–H and O–H groups in total. The molecule has 0 atom stereocenters. The summed E-state index contributed by atoms with van der Waals surface area (Å²) in [6.45, 7) is 5.17. The van der Waals surface area contributed by atoms with Crippen molar-refractivity contribution in [3.8, 4) is 0 Å². The van der Waals surface area contributed by atoms with Gasteiger partial charge in [0.15, 0.2) is 0 Å². The van der Waals surface area contributed by atoms with Gasteiger partial charge < -0.3 is 19.1 Å². The topological polar surface area (TPSA) is 77.4 Å². The predicted molar refractivity (Wildman–Crippen MR) is 98.4 cm³/mol. The normalized spacial score (nSPS) is 21.7. The molecule has 0 radical (unpaired) electrons. The Hall–Kier alpha value is -1.68. The summed E-state index contributed by atoms with van der Waals surface area (Å²) in [7, 11) is 0. The van der Waals surface area contributed by atoms with E-state index in [0.717, 1.165) is 3.57 Å². The van der Waals surface area contributed by atoms with Gasteiger partial charge in [0.25, 0.3) is 5.79 Å². The van der Waals surface area contributed by atoms with Gasteiger partial charge in [0.05, 0.1) is 18.9 Å². The fourth-order valence-corrected chi connectivity index (χ4v) is 3.21. The summed E-state index contributed by atoms with van der Waals surface area (Å²) in [6.07, 6.45) is 0. The number of morpholine rings is 1. The summed E-state index contributed by atoms with van der Waals surface area (Å²) in [4.78, 5) is 31.6. The first-order chi connectivity index (χ1) is 11.9. The average Bonchev–Trinajstić information content (AvgIpc) is 2.55. The lowest BCUT2D eigenvalue weighted by molar-refractivity contribution is -0.236. The van der Waals surface area contributed by atoms with Crippen LogP contribution in [0, 0.1) is 9.49 Å². The fourth-order valence-electron chi connectivity index (χ4n) is 2.71. The molecule has 0 aliphatic carbocycles. The number of hydrogen-bond acceptors (Lipinski definition) is 6. The van der Waals surface area contributed by atoms with Crippen molar-refractivity contribution in [1.82, 2.24) is 4.90 Å². The molecule has 2 heterocycles. The minimum atomic E-state index is -1.26. The molecule has 25 heavy (non-hydrogen) atoms. The molecule has 0 aromatic heterocycles. The molecule has 1 aromatic carbocycles. The molecule has 7 nitrogen and oxygen atoms in total. The summed E-state index contributed by atoms with van der Waals surface area (Å²) >= 11 is 2.17. The van der Waals surface area contributed by atoms with Crippen molar-refractivity contribution in [2.24, 2.45) is 10.9 Å². The number of nitrogens with zero attached hydrogens (tertiary/aromatic N) is 2. The Kier molecular flexibility index (Phi) is 5.28. The molecule has 2 aliphatic heterocycles. The molecular weight excluding hydrogens is 439 g/mol. The van der Waals surface area contributed by atoms with E-state index in [0.29, 0.717) is 37.8 Å². The van der Waals surface area contributed by atoms with Crippen LogP contribution in [0.1, 0.15) is 13.8 Å². The maximum Gasteiger partial charge on any atom is 0.331 e. The van der Waals surface area contributed by atoms with Gasteiger partial charge in [-0.1, -0.05) is 12.1 Å². The van der Waals surface area contributed by atoms with Gasteiger partial charge in [-0.2, -0.15) is 0 Å². The van der Waals surface area contributed by atoms with E-state index in [4.69, 9.17) is 14.2 Å². The number of carbonyl (C=O) groups is 2. The van der Waals surface area contributed by atoms with Crippen molar-refractivity contribution >= 4 is 46.1 Å². The van der Waals surface area contributed by atoms with Gasteiger partial charge >= 0.3 is 11.9 Å². The highest BCUT2D eigenvalue weighted by Crippen LogP contribution is 2.28. The lowest BCUT2D eigenvalue weighted by Gasteiger charge is -2.37. The van der Waals surface area contributed by atoms with Crippen LogP contribution < -0.4 is 0 Å². The van der Waals surface area contributed by atoms with Crippen molar-refractivity contribution in [1.29, 1.82) is 0 Å². The third kappa shape index (κ3) is 4.12. The number of esters is 2. The first-order valence-electron chi connectivity index (χ1n) is 7.99. The van der Waals surface area contributed by atoms with Gasteiger partial charge in [-0.05, 0) is 34.7 Å². The number of cyclic esters (lactones) is 2. The summed E-state index contributed by atoms with van der Waals surface area (Å²) in [5.41, 5.74) is 0.690. The van der Waals surface area contributed by atoms with Gasteiger partial charge in [0, 0.05) is 30.5 Å². The Balaban J connectivity index is 2.01. The molecule has 0 spiro atoms. The van der Waals surface area contributed by atoms with Crippen molar-refractivity contribution in [2.75, 3.05) is 26.3 Å². The van der Waals surface area contributed by atoms with Crippen LogP contribution in [0.15, 0.2) is 29.3 Å². The standard InChI is InChI=1S/C17H19IN2O5/c1-17(2)24-15(21)13(16(22)25-17)14(20-7-9-23-10-8-20)19-12-6-4-3-5-11(12)18/h3-6,13H,7-10H2,1-2H3. The van der Waals surface area contributed by atoms with Crippen molar-refractivity contribution < 1.29 is 23.8 Å². The second-order valence-corrected chi connectivity index (χ2v) is 7.36. The number of benzene rings is 1. The Morgan fingerprint density at radius 1 is 1.16 bits per heavy atom. The van der Waals surface area contributed by atoms with Crippen molar-refractivity contribution in [2.45, 2.75) is 19.6 Å². The number of rotatable bonds is 2. The third-order valence-electron chi connectivity index (χ3n) is 3.84. The Bertz CT molecular complexity index is 693. The predicted octanol–water partition coefficient (Wildman–Crippen LogP) is 2.11. The van der Waals surface area contributed by atoms with Gasteiger partial charge in [-0.25, -0.2) is 4.99 Å². The summed E-state index contributed by atoms with van der Waals surface area (Å²) in [5.74, 6) is -3.39. The third-order valence-corrected chi connectivity index (χ3v) is 4.76. The minimum absolute atomic E-state index is 0.345. The highest BCUT2D eigenvalue weighted by atomic mass is 127. The molecule has 0 amide bonds. The number of hydrogen-bond donors (Lipinski definition) is 0. The monoisotopic (exact) mass is 458 g/mol. The lowest BCUT2D eigenvalue weighted by atomic mass is 10.1. The van der Waals surface area contributed by atoms with E-state index in [1.807, 2.05) is 29.2 Å². The molecule has 2 saturated heterocycles. The molecule has 0 saturated carbocycles. The zero-order valence-electron chi connectivity index (χ0n) is 14.0. The van der Waals surface area contributed by atoms with Crippen LogP contribution in [0.3, 0.4) is 0 Å². The van der Waals surface area contributed by atoms with Crippen LogP contribution in [-0.2, 0) is 23.8 Å². The maximum atomic E-state index is 12.5. The Labute approximate surface area is 159 Å². The molecule has 0 unspecified atom stereocenters. The second-order valence-electron chi connectivity index (χ2n) is 6.20. The van der Waals surface area contributed by atoms with E-state index in [-0.39, 0.29) is 0 Å². The number of carbonyl (C=O) groups excluding carboxylic acids is 2. The summed E-state index contributed by atoms with van der Waals surface area (Å²) in [6, 6.07) is 7.52. The zero-order valence-corrected chi connectivity index (χ0v) is 16.2. The lowest BCUT2D eigenvalue weighted by Crippen LogP contribution is -2.54. The average molecular weight is 458 g/mol. The van der Waals surface area contributed by atoms with Crippen LogP contribution in [0.5, 0.6) is 0 Å². The van der Waals surface area contributed by atoms with E-state index in [1.54, 1.807) is 0 Å². The second kappa shape index (κ2) is 7.28. The number of para-hydroxylation sites is 1. The molecule has 8 heteroatoms. The highest BCUT2D eigenvalue weighted by molar-refractivity contribution is 14.1. The largest absolute Gasteiger partial charge is 0.422 e. The first-order valence-corrected chi connectivity index (χ1v) is 9.07. The van der Waals surface area contributed by atoms with Crippen LogP contribution >= 0.6 is 22.6 Å². The first kappa shape index (κ1) is 18.1. The van der Waals surface area contributed by atoms with Crippen LogP contribution in [0.4, 0.5) is 5.69 Å². The Morgan fingerprint density at radius 3 is 2.36 bits per heavy atom. The summed E-state index contributed by atoms with van der Waals surface area (Å²) in [5, 5.41) is 0.